The number of nitrogens with zero attached hydrogens (tertiary/aromatic N) is 1. The fraction of sp³-hybridized carbons (Fsp3) is 0.182. The summed E-state index contributed by atoms with van der Waals surface area (Å²) >= 11 is 0. The fourth-order valence-corrected chi connectivity index (χ4v) is 1.52. The maximum absolute atomic E-state index is 13.2. The molecule has 2 aromatic rings. The summed E-state index contributed by atoms with van der Waals surface area (Å²) in [4.78, 5) is 4.22. The topological polar surface area (TPSA) is 38.9 Å². The van der Waals surface area contributed by atoms with Gasteiger partial charge in [-0.15, -0.1) is 0 Å². The van der Waals surface area contributed by atoms with Gasteiger partial charge in [-0.05, 0) is 31.5 Å². The lowest BCUT2D eigenvalue weighted by Gasteiger charge is -2.05. The van der Waals surface area contributed by atoms with E-state index in [1.807, 2.05) is 6.92 Å². The van der Waals surface area contributed by atoms with E-state index in [0.29, 0.717) is 16.8 Å². The highest BCUT2D eigenvalue weighted by atomic mass is 19.1. The molecule has 0 aliphatic carbocycles. The lowest BCUT2D eigenvalue weighted by atomic mass is 10.1. The van der Waals surface area contributed by atoms with Crippen molar-refractivity contribution >= 4 is 16.6 Å². The smallest absolute Gasteiger partial charge is 0.128 e. The Morgan fingerprint density at radius 2 is 1.93 bits per heavy atom. The van der Waals surface area contributed by atoms with Gasteiger partial charge in [-0.2, -0.15) is 0 Å². The van der Waals surface area contributed by atoms with Crippen LogP contribution in [0.3, 0.4) is 0 Å². The minimum atomic E-state index is -0.241. The third-order valence-corrected chi connectivity index (χ3v) is 2.25. The summed E-state index contributed by atoms with van der Waals surface area (Å²) in [5, 5.41) is 0.814. The number of hydrogen-bond acceptors (Lipinski definition) is 2. The molecule has 2 N–H and O–H groups in total. The van der Waals surface area contributed by atoms with Crippen LogP contribution in [0.2, 0.25) is 0 Å². The average Bonchev–Trinajstić information content (AvgIpc) is 2.08. The number of rotatable bonds is 0. The molecule has 1 aromatic heterocycles. The highest BCUT2D eigenvalue weighted by molar-refractivity contribution is 5.90. The van der Waals surface area contributed by atoms with Crippen molar-refractivity contribution < 1.29 is 4.39 Å². The van der Waals surface area contributed by atoms with E-state index in [1.54, 1.807) is 19.1 Å². The van der Waals surface area contributed by atoms with Gasteiger partial charge in [0.25, 0.3) is 0 Å². The summed E-state index contributed by atoms with van der Waals surface area (Å²) in [6, 6.07) is 4.94. The number of aryl methyl sites for hydroxylation is 2. The van der Waals surface area contributed by atoms with Gasteiger partial charge in [-0.3, -0.25) is 4.98 Å². The van der Waals surface area contributed by atoms with Gasteiger partial charge in [-0.1, -0.05) is 0 Å². The number of pyridine rings is 1. The molecule has 72 valence electrons. The van der Waals surface area contributed by atoms with Gasteiger partial charge in [0.05, 0.1) is 5.52 Å². The quantitative estimate of drug-likeness (QED) is 0.693. The Morgan fingerprint density at radius 1 is 1.21 bits per heavy atom. The summed E-state index contributed by atoms with van der Waals surface area (Å²) in [5.74, 6) is -0.241. The first kappa shape index (κ1) is 8.94. The van der Waals surface area contributed by atoms with E-state index < -0.39 is 0 Å². The maximum Gasteiger partial charge on any atom is 0.128 e. The predicted octanol–water partition coefficient (Wildman–Crippen LogP) is 2.57. The molecule has 0 unspecified atom stereocenters. The van der Waals surface area contributed by atoms with Crippen molar-refractivity contribution in [3.63, 3.8) is 0 Å². The average molecular weight is 190 g/mol. The van der Waals surface area contributed by atoms with E-state index in [0.717, 1.165) is 11.1 Å². The Kier molecular flexibility index (Phi) is 1.88. The van der Waals surface area contributed by atoms with Gasteiger partial charge < -0.3 is 5.73 Å². The summed E-state index contributed by atoms with van der Waals surface area (Å²) in [7, 11) is 0. The number of benzene rings is 1. The zero-order valence-electron chi connectivity index (χ0n) is 8.13. The standard InChI is InChI=1S/C11H11FN2/c1-6-3-8-10(13)4-7(2)14-11(8)5-9(6)12/h3-5H,1-2H3,(H2,13,14). The fourth-order valence-electron chi connectivity index (χ4n) is 1.52. The van der Waals surface area contributed by atoms with Crippen LogP contribution in [-0.2, 0) is 0 Å². The number of anilines is 1. The Balaban J connectivity index is 2.89. The van der Waals surface area contributed by atoms with E-state index >= 15 is 0 Å². The van der Waals surface area contributed by atoms with Crippen LogP contribution in [0.5, 0.6) is 0 Å². The highest BCUT2D eigenvalue weighted by Gasteiger charge is 2.05. The van der Waals surface area contributed by atoms with Gasteiger partial charge in [0, 0.05) is 22.8 Å². The van der Waals surface area contributed by atoms with E-state index in [-0.39, 0.29) is 5.82 Å². The minimum absolute atomic E-state index is 0.241. The van der Waals surface area contributed by atoms with E-state index in [2.05, 4.69) is 4.98 Å². The van der Waals surface area contributed by atoms with Crippen molar-refractivity contribution in [3.05, 3.63) is 35.3 Å². The molecular weight excluding hydrogens is 179 g/mol. The van der Waals surface area contributed by atoms with Crippen molar-refractivity contribution in [2.24, 2.45) is 0 Å². The Hall–Kier alpha value is -1.64. The molecule has 0 fully saturated rings. The van der Waals surface area contributed by atoms with Crippen LogP contribution in [0.4, 0.5) is 10.1 Å². The zero-order chi connectivity index (χ0) is 10.3. The molecular formula is C11H11FN2. The molecule has 0 atom stereocenters. The second kappa shape index (κ2) is 2.94. The Morgan fingerprint density at radius 3 is 2.64 bits per heavy atom. The maximum atomic E-state index is 13.2. The lowest BCUT2D eigenvalue weighted by Crippen LogP contribution is -1.94. The molecule has 1 aromatic carbocycles. The van der Waals surface area contributed by atoms with Crippen molar-refractivity contribution in [2.45, 2.75) is 13.8 Å². The second-order valence-electron chi connectivity index (χ2n) is 3.47. The van der Waals surface area contributed by atoms with Crippen LogP contribution in [0.25, 0.3) is 10.9 Å². The van der Waals surface area contributed by atoms with Gasteiger partial charge in [0.1, 0.15) is 5.82 Å². The van der Waals surface area contributed by atoms with E-state index in [9.17, 15) is 4.39 Å². The van der Waals surface area contributed by atoms with Gasteiger partial charge in [-0.25, -0.2) is 4.39 Å². The summed E-state index contributed by atoms with van der Waals surface area (Å²) in [5.41, 5.74) is 8.47. The molecule has 2 rings (SSSR count). The first-order valence-corrected chi connectivity index (χ1v) is 4.41. The molecule has 1 heterocycles. The molecule has 0 radical (unpaired) electrons. The molecule has 3 heteroatoms. The predicted molar refractivity (Wildman–Crippen MR) is 55.6 cm³/mol. The molecule has 0 spiro atoms. The highest BCUT2D eigenvalue weighted by Crippen LogP contribution is 2.23. The number of halogens is 1. The molecule has 0 aliphatic rings. The van der Waals surface area contributed by atoms with Crippen LogP contribution in [0.15, 0.2) is 18.2 Å². The van der Waals surface area contributed by atoms with Crippen molar-refractivity contribution in [1.82, 2.24) is 4.98 Å². The summed E-state index contributed by atoms with van der Waals surface area (Å²) < 4.78 is 13.2. The monoisotopic (exact) mass is 190 g/mol. The lowest BCUT2D eigenvalue weighted by molar-refractivity contribution is 0.620. The van der Waals surface area contributed by atoms with Crippen LogP contribution >= 0.6 is 0 Å². The van der Waals surface area contributed by atoms with Gasteiger partial charge in [0.2, 0.25) is 0 Å². The van der Waals surface area contributed by atoms with Crippen molar-refractivity contribution in [3.8, 4) is 0 Å². The van der Waals surface area contributed by atoms with Crippen molar-refractivity contribution in [2.75, 3.05) is 5.73 Å². The second-order valence-corrected chi connectivity index (χ2v) is 3.47. The molecule has 14 heavy (non-hydrogen) atoms. The molecule has 0 saturated carbocycles. The molecule has 2 nitrogen and oxygen atoms in total. The number of nitrogens with two attached hydrogens (primary N) is 1. The van der Waals surface area contributed by atoms with Gasteiger partial charge >= 0.3 is 0 Å². The molecule has 0 amide bonds. The van der Waals surface area contributed by atoms with Crippen LogP contribution in [0.1, 0.15) is 11.3 Å². The van der Waals surface area contributed by atoms with E-state index in [1.165, 1.54) is 6.07 Å². The number of fused-ring (bicyclic) bond motifs is 1. The normalized spacial score (nSPS) is 10.8. The number of hydrogen-bond donors (Lipinski definition) is 1. The third-order valence-electron chi connectivity index (χ3n) is 2.25. The van der Waals surface area contributed by atoms with Crippen LogP contribution < -0.4 is 5.73 Å². The zero-order valence-corrected chi connectivity index (χ0v) is 8.13. The summed E-state index contributed by atoms with van der Waals surface area (Å²) in [6.07, 6.45) is 0. The van der Waals surface area contributed by atoms with Crippen molar-refractivity contribution in [1.29, 1.82) is 0 Å². The first-order valence-electron chi connectivity index (χ1n) is 4.41. The Bertz CT molecular complexity index is 506. The number of aromatic nitrogens is 1. The van der Waals surface area contributed by atoms with Crippen LogP contribution in [0, 0.1) is 19.7 Å². The minimum Gasteiger partial charge on any atom is -0.398 e. The largest absolute Gasteiger partial charge is 0.398 e. The summed E-state index contributed by atoms with van der Waals surface area (Å²) in [6.45, 7) is 3.56. The first-order chi connectivity index (χ1) is 6.58. The number of nitrogen functional groups attached to an aromatic ring is 1. The third kappa shape index (κ3) is 1.31. The molecule has 0 saturated heterocycles. The van der Waals surface area contributed by atoms with Gasteiger partial charge in [0.15, 0.2) is 0 Å². The van der Waals surface area contributed by atoms with E-state index in [4.69, 9.17) is 5.73 Å². The van der Waals surface area contributed by atoms with Crippen LogP contribution in [-0.4, -0.2) is 4.98 Å². The SMILES string of the molecule is Cc1cc(N)c2cc(C)c(F)cc2n1. The molecule has 0 aliphatic heterocycles. The molecule has 0 bridgehead atoms. The Labute approximate surface area is 81.6 Å².